The molecule has 3 nitrogen and oxygen atoms in total. The molecule has 22 heavy (non-hydrogen) atoms. The number of epoxide rings is 2. The molecule has 9 atom stereocenters. The second-order valence-electron chi connectivity index (χ2n) is 9.57. The molecule has 120 valence electrons. The lowest BCUT2D eigenvalue weighted by Crippen LogP contribution is -2.58. The zero-order valence-electron chi connectivity index (χ0n) is 13.6. The van der Waals surface area contributed by atoms with Crippen molar-refractivity contribution in [2.75, 3.05) is 0 Å². The number of hydrogen-bond acceptors (Lipinski definition) is 3. The van der Waals surface area contributed by atoms with Crippen molar-refractivity contribution in [3.05, 3.63) is 0 Å². The first-order valence-corrected chi connectivity index (χ1v) is 9.35. The van der Waals surface area contributed by atoms with Gasteiger partial charge in [-0.3, -0.25) is 4.79 Å². The fourth-order valence-corrected chi connectivity index (χ4v) is 7.69. The lowest BCUT2D eigenvalue weighted by atomic mass is 9.45. The number of Topliss-reactive ketones (excluding diaryl/α,β-unsaturated/α-hetero) is 1. The monoisotopic (exact) mass is 302 g/mol. The van der Waals surface area contributed by atoms with E-state index in [1.54, 1.807) is 0 Å². The van der Waals surface area contributed by atoms with Crippen LogP contribution in [0.15, 0.2) is 0 Å². The van der Waals surface area contributed by atoms with Gasteiger partial charge in [-0.1, -0.05) is 13.8 Å². The second-order valence-corrected chi connectivity index (χ2v) is 9.57. The van der Waals surface area contributed by atoms with Crippen LogP contribution in [0.25, 0.3) is 0 Å². The molecule has 0 N–H and O–H groups in total. The van der Waals surface area contributed by atoms with Gasteiger partial charge in [-0.25, -0.2) is 0 Å². The SMILES string of the molecule is C[C@]12CC[C@H]3[C@@H](C[C@H]4O[C@]45C[C@@H]4O[C@@H]4C[C@]35C)[C@@H]1CCC2=O. The first-order chi connectivity index (χ1) is 10.5. The quantitative estimate of drug-likeness (QED) is 0.646. The largest absolute Gasteiger partial charge is 0.369 e. The number of fused-ring (bicyclic) bond motifs is 5. The average molecular weight is 302 g/mol. The van der Waals surface area contributed by atoms with Crippen LogP contribution in [0.2, 0.25) is 0 Å². The molecule has 2 saturated heterocycles. The Kier molecular flexibility index (Phi) is 2.05. The second kappa shape index (κ2) is 3.49. The van der Waals surface area contributed by atoms with Crippen molar-refractivity contribution in [3.63, 3.8) is 0 Å². The topological polar surface area (TPSA) is 42.1 Å². The highest BCUT2D eigenvalue weighted by molar-refractivity contribution is 5.87. The highest BCUT2D eigenvalue weighted by atomic mass is 16.6. The van der Waals surface area contributed by atoms with E-state index in [9.17, 15) is 4.79 Å². The van der Waals surface area contributed by atoms with Crippen molar-refractivity contribution in [2.24, 2.45) is 28.6 Å². The van der Waals surface area contributed by atoms with Gasteiger partial charge < -0.3 is 9.47 Å². The molecule has 4 aliphatic carbocycles. The molecule has 0 aromatic carbocycles. The van der Waals surface area contributed by atoms with Gasteiger partial charge in [-0.2, -0.15) is 0 Å². The summed E-state index contributed by atoms with van der Waals surface area (Å²) in [6.45, 7) is 4.77. The predicted octanol–water partition coefficient (Wildman–Crippen LogP) is 3.11. The van der Waals surface area contributed by atoms with E-state index in [1.165, 1.54) is 19.3 Å². The molecule has 0 aromatic rings. The summed E-state index contributed by atoms with van der Waals surface area (Å²) in [6, 6.07) is 0. The van der Waals surface area contributed by atoms with Gasteiger partial charge in [-0.05, 0) is 49.9 Å². The van der Waals surface area contributed by atoms with E-state index in [0.717, 1.165) is 31.6 Å². The maximum absolute atomic E-state index is 12.5. The Morgan fingerprint density at radius 2 is 1.91 bits per heavy atom. The lowest BCUT2D eigenvalue weighted by Gasteiger charge is -2.57. The molecule has 0 aromatic heterocycles. The smallest absolute Gasteiger partial charge is 0.139 e. The molecule has 2 heterocycles. The van der Waals surface area contributed by atoms with Crippen LogP contribution in [0.1, 0.15) is 58.8 Å². The summed E-state index contributed by atoms with van der Waals surface area (Å²) in [5, 5.41) is 0. The lowest BCUT2D eigenvalue weighted by molar-refractivity contribution is -0.135. The Morgan fingerprint density at radius 3 is 2.77 bits per heavy atom. The maximum Gasteiger partial charge on any atom is 0.139 e. The van der Waals surface area contributed by atoms with Gasteiger partial charge >= 0.3 is 0 Å². The number of carbonyl (C=O) groups is 1. The standard InChI is InChI=1S/C19H26O3/c1-17-6-5-12-10(11(17)3-4-15(17)20)7-16-19(22-16)9-14-13(21-14)8-18(12,19)2/h10-14,16H,3-9H2,1-2H3/t10-,11-,12-,13+,14-,16+,17-,18+,19+/m0/s1. The van der Waals surface area contributed by atoms with Crippen LogP contribution in [0, 0.1) is 28.6 Å². The summed E-state index contributed by atoms with van der Waals surface area (Å²) in [7, 11) is 0. The van der Waals surface area contributed by atoms with Crippen LogP contribution >= 0.6 is 0 Å². The van der Waals surface area contributed by atoms with Crippen molar-refractivity contribution in [1.29, 1.82) is 0 Å². The van der Waals surface area contributed by atoms with Crippen LogP contribution in [0.4, 0.5) is 0 Å². The molecule has 0 amide bonds. The zero-order valence-corrected chi connectivity index (χ0v) is 13.6. The van der Waals surface area contributed by atoms with E-state index in [4.69, 9.17) is 9.47 Å². The minimum atomic E-state index is -0.0142. The summed E-state index contributed by atoms with van der Waals surface area (Å²) in [5.74, 6) is 2.63. The van der Waals surface area contributed by atoms with Gasteiger partial charge in [0.05, 0.1) is 18.3 Å². The fourth-order valence-electron chi connectivity index (χ4n) is 7.69. The van der Waals surface area contributed by atoms with Gasteiger partial charge in [-0.15, -0.1) is 0 Å². The van der Waals surface area contributed by atoms with Crippen molar-refractivity contribution in [2.45, 2.75) is 82.7 Å². The molecule has 4 saturated carbocycles. The van der Waals surface area contributed by atoms with E-state index < -0.39 is 0 Å². The van der Waals surface area contributed by atoms with Crippen LogP contribution in [0.5, 0.6) is 0 Å². The Hall–Kier alpha value is -0.410. The molecule has 6 rings (SSSR count). The highest BCUT2D eigenvalue weighted by Gasteiger charge is 2.79. The Balaban J connectivity index is 1.42. The van der Waals surface area contributed by atoms with Crippen LogP contribution < -0.4 is 0 Å². The Labute approximate surface area is 132 Å². The van der Waals surface area contributed by atoms with Crippen molar-refractivity contribution in [3.8, 4) is 0 Å². The first kappa shape index (κ1) is 12.9. The third-order valence-corrected chi connectivity index (χ3v) is 9.05. The third kappa shape index (κ3) is 1.22. The predicted molar refractivity (Wildman–Crippen MR) is 80.3 cm³/mol. The van der Waals surface area contributed by atoms with Gasteiger partial charge in [0.25, 0.3) is 0 Å². The molecule has 0 radical (unpaired) electrons. The number of ketones is 1. The average Bonchev–Trinajstić information content (AvgIpc) is 3.34. The minimum absolute atomic E-state index is 0.0142. The number of ether oxygens (including phenoxy) is 2. The summed E-state index contributed by atoms with van der Waals surface area (Å²) in [6.07, 6.45) is 9.33. The molecule has 0 unspecified atom stereocenters. The summed E-state index contributed by atoms with van der Waals surface area (Å²) >= 11 is 0. The minimum Gasteiger partial charge on any atom is -0.369 e. The van der Waals surface area contributed by atoms with Crippen molar-refractivity contribution < 1.29 is 14.3 Å². The first-order valence-electron chi connectivity index (χ1n) is 9.35. The van der Waals surface area contributed by atoms with Crippen molar-refractivity contribution >= 4 is 5.78 Å². The molecule has 2 aliphatic heterocycles. The maximum atomic E-state index is 12.5. The number of hydrogen-bond donors (Lipinski definition) is 0. The van der Waals surface area contributed by atoms with Gasteiger partial charge in [0, 0.05) is 23.7 Å². The van der Waals surface area contributed by atoms with Crippen LogP contribution in [-0.2, 0) is 14.3 Å². The van der Waals surface area contributed by atoms with Gasteiger partial charge in [0.2, 0.25) is 0 Å². The van der Waals surface area contributed by atoms with E-state index in [-0.39, 0.29) is 11.0 Å². The van der Waals surface area contributed by atoms with E-state index >= 15 is 0 Å². The summed E-state index contributed by atoms with van der Waals surface area (Å²) < 4.78 is 12.3. The Morgan fingerprint density at radius 1 is 1.09 bits per heavy atom. The molecular formula is C19H26O3. The number of carbonyl (C=O) groups excluding carboxylic acids is 1. The van der Waals surface area contributed by atoms with E-state index in [2.05, 4.69) is 13.8 Å². The molecule has 1 spiro atoms. The van der Waals surface area contributed by atoms with Crippen LogP contribution in [-0.4, -0.2) is 29.7 Å². The molecule has 6 aliphatic rings. The fraction of sp³-hybridized carbons (Fsp3) is 0.947. The van der Waals surface area contributed by atoms with Gasteiger partial charge in [0.15, 0.2) is 0 Å². The Bertz CT molecular complexity index is 587. The number of rotatable bonds is 0. The molecule has 3 heteroatoms. The summed E-state index contributed by atoms with van der Waals surface area (Å²) in [5.41, 5.74) is 0.424. The summed E-state index contributed by atoms with van der Waals surface area (Å²) in [4.78, 5) is 12.5. The molecular weight excluding hydrogens is 276 g/mol. The molecule has 6 fully saturated rings. The van der Waals surface area contributed by atoms with Crippen LogP contribution in [0.3, 0.4) is 0 Å². The highest BCUT2D eigenvalue weighted by Crippen LogP contribution is 2.74. The van der Waals surface area contributed by atoms with Gasteiger partial charge in [0.1, 0.15) is 11.4 Å². The normalized spacial score (nSPS) is 67.5. The van der Waals surface area contributed by atoms with E-state index in [0.29, 0.717) is 41.3 Å². The zero-order chi connectivity index (χ0) is 14.9. The van der Waals surface area contributed by atoms with Crippen molar-refractivity contribution in [1.82, 2.24) is 0 Å². The third-order valence-electron chi connectivity index (χ3n) is 9.05. The molecule has 0 bridgehead atoms. The van der Waals surface area contributed by atoms with E-state index in [1.807, 2.05) is 0 Å².